The standard InChI is InChI=1S/C22H24FN3O2.C3H6/c1-28-22(27)8-12-26-20-5-4-17(23)13-18(20)19-15-25(11-7-21(19)26)10-6-16-3-2-9-24-14-16;1-3-2/h2-5,9,13-14H,6-8,10-12,15H2,1H3;3H,1H2,2H3. The summed E-state index contributed by atoms with van der Waals surface area (Å²) in [4.78, 5) is 18.2. The minimum Gasteiger partial charge on any atom is -0.469 e. The van der Waals surface area contributed by atoms with Crippen molar-refractivity contribution in [1.82, 2.24) is 14.5 Å². The molecular formula is C25H30FN3O2. The Balaban J connectivity index is 0.000000858. The van der Waals surface area contributed by atoms with E-state index in [1.54, 1.807) is 18.3 Å². The van der Waals surface area contributed by atoms with Gasteiger partial charge in [0.1, 0.15) is 5.82 Å². The van der Waals surface area contributed by atoms with Crippen LogP contribution in [0.3, 0.4) is 0 Å². The van der Waals surface area contributed by atoms with Crippen molar-refractivity contribution >= 4 is 16.9 Å². The summed E-state index contributed by atoms with van der Waals surface area (Å²) in [5, 5.41) is 0.950. The molecule has 0 unspecified atom stereocenters. The summed E-state index contributed by atoms with van der Waals surface area (Å²) in [6.07, 6.45) is 7.59. The van der Waals surface area contributed by atoms with E-state index in [1.807, 2.05) is 25.3 Å². The second kappa shape index (κ2) is 10.9. The van der Waals surface area contributed by atoms with E-state index >= 15 is 0 Å². The zero-order valence-electron chi connectivity index (χ0n) is 18.3. The second-order valence-corrected chi connectivity index (χ2v) is 7.61. The lowest BCUT2D eigenvalue weighted by Gasteiger charge is -2.28. The largest absolute Gasteiger partial charge is 0.469 e. The number of carbonyl (C=O) groups is 1. The highest BCUT2D eigenvalue weighted by Crippen LogP contribution is 2.32. The van der Waals surface area contributed by atoms with Crippen LogP contribution in [-0.4, -0.2) is 40.6 Å². The molecule has 1 aliphatic heterocycles. The molecule has 0 spiro atoms. The summed E-state index contributed by atoms with van der Waals surface area (Å²) in [5.41, 5.74) is 4.60. The average molecular weight is 424 g/mol. The lowest BCUT2D eigenvalue weighted by molar-refractivity contribution is -0.140. The molecule has 31 heavy (non-hydrogen) atoms. The van der Waals surface area contributed by atoms with Gasteiger partial charge in [-0.25, -0.2) is 4.39 Å². The van der Waals surface area contributed by atoms with E-state index in [-0.39, 0.29) is 11.8 Å². The summed E-state index contributed by atoms with van der Waals surface area (Å²) < 4.78 is 20.9. The number of esters is 1. The normalized spacial score (nSPS) is 13.3. The SMILES string of the molecule is C=CC.COC(=O)CCn1c2c(c3cc(F)ccc31)CN(CCc1cccnc1)CC2. The number of carbonyl (C=O) groups excluding carboxylic acids is 1. The summed E-state index contributed by atoms with van der Waals surface area (Å²) in [7, 11) is 1.40. The lowest BCUT2D eigenvalue weighted by atomic mass is 10.0. The molecule has 0 amide bonds. The maximum absolute atomic E-state index is 13.9. The van der Waals surface area contributed by atoms with Gasteiger partial charge in [0.05, 0.1) is 13.5 Å². The molecule has 6 heteroatoms. The number of halogens is 1. The number of fused-ring (bicyclic) bond motifs is 3. The van der Waals surface area contributed by atoms with Gasteiger partial charge in [0, 0.05) is 61.6 Å². The highest BCUT2D eigenvalue weighted by molar-refractivity contribution is 5.86. The Kier molecular flexibility index (Phi) is 7.95. The minimum absolute atomic E-state index is 0.229. The monoisotopic (exact) mass is 423 g/mol. The van der Waals surface area contributed by atoms with E-state index in [2.05, 4.69) is 27.1 Å². The predicted octanol–water partition coefficient (Wildman–Crippen LogP) is 4.53. The number of hydrogen-bond acceptors (Lipinski definition) is 4. The number of hydrogen-bond donors (Lipinski definition) is 0. The highest BCUT2D eigenvalue weighted by atomic mass is 19.1. The van der Waals surface area contributed by atoms with Crippen LogP contribution in [0, 0.1) is 5.82 Å². The molecule has 0 saturated carbocycles. The van der Waals surface area contributed by atoms with Crippen molar-refractivity contribution in [2.24, 2.45) is 0 Å². The molecule has 0 bridgehead atoms. The predicted molar refractivity (Wildman–Crippen MR) is 121 cm³/mol. The fourth-order valence-electron chi connectivity index (χ4n) is 4.06. The van der Waals surface area contributed by atoms with Crippen molar-refractivity contribution in [1.29, 1.82) is 0 Å². The van der Waals surface area contributed by atoms with Gasteiger partial charge in [0.2, 0.25) is 0 Å². The maximum atomic E-state index is 13.9. The Morgan fingerprint density at radius 3 is 2.84 bits per heavy atom. The number of rotatable bonds is 6. The van der Waals surface area contributed by atoms with Gasteiger partial charge in [0.15, 0.2) is 0 Å². The Bertz CT molecular complexity index is 1030. The Hall–Kier alpha value is -2.99. The Labute approximate surface area is 183 Å². The van der Waals surface area contributed by atoms with Gasteiger partial charge in [0.25, 0.3) is 0 Å². The zero-order valence-corrected chi connectivity index (χ0v) is 18.3. The first-order valence-electron chi connectivity index (χ1n) is 10.6. The van der Waals surface area contributed by atoms with Gasteiger partial charge < -0.3 is 9.30 Å². The van der Waals surface area contributed by atoms with Crippen LogP contribution in [0.25, 0.3) is 10.9 Å². The number of benzene rings is 1. The van der Waals surface area contributed by atoms with Gasteiger partial charge in [-0.3, -0.25) is 14.7 Å². The van der Waals surface area contributed by atoms with Crippen molar-refractivity contribution in [2.45, 2.75) is 39.3 Å². The van der Waals surface area contributed by atoms with Crippen LogP contribution < -0.4 is 0 Å². The summed E-state index contributed by atoms with van der Waals surface area (Å²) in [6.45, 7) is 8.49. The van der Waals surface area contributed by atoms with Gasteiger partial charge in [-0.15, -0.1) is 6.58 Å². The molecule has 4 rings (SSSR count). The highest BCUT2D eigenvalue weighted by Gasteiger charge is 2.24. The van der Waals surface area contributed by atoms with Gasteiger partial charge in [-0.2, -0.15) is 0 Å². The number of nitrogens with zero attached hydrogens (tertiary/aromatic N) is 3. The van der Waals surface area contributed by atoms with Gasteiger partial charge in [-0.1, -0.05) is 12.1 Å². The molecule has 3 aromatic rings. The molecule has 5 nitrogen and oxygen atoms in total. The molecule has 0 saturated heterocycles. The topological polar surface area (TPSA) is 47.4 Å². The van der Waals surface area contributed by atoms with Crippen LogP contribution in [0.2, 0.25) is 0 Å². The third-order valence-corrected chi connectivity index (χ3v) is 5.50. The van der Waals surface area contributed by atoms with Crippen LogP contribution in [0.4, 0.5) is 4.39 Å². The van der Waals surface area contributed by atoms with Crippen LogP contribution in [-0.2, 0) is 35.5 Å². The van der Waals surface area contributed by atoms with Gasteiger partial charge >= 0.3 is 5.97 Å². The maximum Gasteiger partial charge on any atom is 0.307 e. The summed E-state index contributed by atoms with van der Waals surface area (Å²) >= 11 is 0. The molecule has 0 radical (unpaired) electrons. The van der Waals surface area contributed by atoms with E-state index in [1.165, 1.54) is 30.0 Å². The van der Waals surface area contributed by atoms with Crippen LogP contribution in [0.1, 0.15) is 30.2 Å². The molecule has 164 valence electrons. The lowest BCUT2D eigenvalue weighted by Crippen LogP contribution is -2.32. The van der Waals surface area contributed by atoms with E-state index in [9.17, 15) is 9.18 Å². The van der Waals surface area contributed by atoms with E-state index in [0.717, 1.165) is 43.4 Å². The van der Waals surface area contributed by atoms with E-state index in [0.29, 0.717) is 13.0 Å². The Morgan fingerprint density at radius 1 is 1.32 bits per heavy atom. The number of aromatic nitrogens is 2. The fourth-order valence-corrected chi connectivity index (χ4v) is 4.06. The molecule has 1 aromatic carbocycles. The first-order chi connectivity index (χ1) is 15.1. The second-order valence-electron chi connectivity index (χ2n) is 7.61. The minimum atomic E-state index is -0.230. The smallest absolute Gasteiger partial charge is 0.307 e. The van der Waals surface area contributed by atoms with Crippen LogP contribution in [0.5, 0.6) is 0 Å². The number of pyridine rings is 1. The molecule has 2 aromatic heterocycles. The summed E-state index contributed by atoms with van der Waals surface area (Å²) in [5.74, 6) is -0.459. The zero-order chi connectivity index (χ0) is 22.2. The quantitative estimate of drug-likeness (QED) is 0.432. The number of methoxy groups -OCH3 is 1. The van der Waals surface area contributed by atoms with Crippen molar-refractivity contribution in [2.75, 3.05) is 20.2 Å². The number of ether oxygens (including phenoxy) is 1. The van der Waals surface area contributed by atoms with E-state index < -0.39 is 0 Å². The number of aryl methyl sites for hydroxylation is 1. The average Bonchev–Trinajstić information content (AvgIpc) is 3.09. The third kappa shape index (κ3) is 5.58. The molecule has 0 atom stereocenters. The van der Waals surface area contributed by atoms with Crippen molar-refractivity contribution in [3.63, 3.8) is 0 Å². The molecule has 0 aliphatic carbocycles. The van der Waals surface area contributed by atoms with Crippen LogP contribution in [0.15, 0.2) is 55.4 Å². The van der Waals surface area contributed by atoms with Gasteiger partial charge in [-0.05, 0) is 48.7 Å². The van der Waals surface area contributed by atoms with E-state index in [4.69, 9.17) is 4.74 Å². The molecule has 1 aliphatic rings. The molecule has 0 fully saturated rings. The van der Waals surface area contributed by atoms with Crippen molar-refractivity contribution in [3.05, 3.63) is 78.0 Å². The third-order valence-electron chi connectivity index (χ3n) is 5.50. The first-order valence-corrected chi connectivity index (χ1v) is 10.6. The molecule has 3 heterocycles. The number of allylic oxidation sites excluding steroid dienone is 1. The fraction of sp³-hybridized carbons (Fsp3) is 0.360. The molecule has 0 N–H and O–H groups in total. The summed E-state index contributed by atoms with van der Waals surface area (Å²) in [6, 6.07) is 8.98. The first kappa shape index (κ1) is 22.7. The molecular weight excluding hydrogens is 393 g/mol. The Morgan fingerprint density at radius 2 is 2.13 bits per heavy atom. The van der Waals surface area contributed by atoms with Crippen LogP contribution >= 0.6 is 0 Å². The van der Waals surface area contributed by atoms with Crippen molar-refractivity contribution in [3.8, 4) is 0 Å². The van der Waals surface area contributed by atoms with Crippen molar-refractivity contribution < 1.29 is 13.9 Å².